The Morgan fingerprint density at radius 2 is 1.82 bits per heavy atom. The molecule has 0 aliphatic rings. The maximum atomic E-state index is 12.2. The first-order valence-corrected chi connectivity index (χ1v) is 8.46. The van der Waals surface area contributed by atoms with E-state index in [4.69, 9.17) is 4.99 Å². The van der Waals surface area contributed by atoms with Crippen molar-refractivity contribution in [1.29, 1.82) is 0 Å². The van der Waals surface area contributed by atoms with Gasteiger partial charge < -0.3 is 4.90 Å². The van der Waals surface area contributed by atoms with Crippen molar-refractivity contribution in [3.63, 3.8) is 0 Å². The average Bonchev–Trinajstić information content (AvgIpc) is 2.51. The zero-order valence-corrected chi connectivity index (χ0v) is 15.7. The maximum absolute atomic E-state index is 12.2. The number of unbranched alkanes of at least 4 members (excludes halogenated alkanes) is 1. The number of hydrogen-bond acceptors (Lipinski definition) is 2. The lowest BCUT2D eigenvalue weighted by molar-refractivity contribution is 0.405. The van der Waals surface area contributed by atoms with Crippen LogP contribution in [0.4, 0.5) is 5.82 Å². The summed E-state index contributed by atoms with van der Waals surface area (Å²) in [6.07, 6.45) is 3.40. The van der Waals surface area contributed by atoms with E-state index in [0.29, 0.717) is 5.82 Å². The minimum Gasteiger partial charge on any atom is -0.360 e. The molecule has 6 heteroatoms. The quantitative estimate of drug-likeness (QED) is 0.458. The number of rotatable bonds is 6. The molecular weight excluding hydrogens is 295 g/mol. The van der Waals surface area contributed by atoms with Crippen molar-refractivity contribution >= 4 is 20.5 Å². The second-order valence-electron chi connectivity index (χ2n) is 5.70. The summed E-state index contributed by atoms with van der Waals surface area (Å²) in [6, 6.07) is 0. The molecule has 0 spiro atoms. The van der Waals surface area contributed by atoms with E-state index < -0.39 is 0 Å². The molecule has 0 bridgehead atoms. The third-order valence-corrected chi connectivity index (χ3v) is 4.63. The number of aliphatic imine (C=N–C) groups is 1. The van der Waals surface area contributed by atoms with Crippen LogP contribution in [0, 0.1) is 12.0 Å². The van der Waals surface area contributed by atoms with Crippen molar-refractivity contribution in [2.45, 2.75) is 47.0 Å². The van der Waals surface area contributed by atoms with E-state index in [1.54, 1.807) is 23.2 Å². The zero-order chi connectivity index (χ0) is 16.9. The van der Waals surface area contributed by atoms with Gasteiger partial charge in [0.05, 0.1) is 5.07 Å². The van der Waals surface area contributed by atoms with E-state index in [9.17, 15) is 4.79 Å². The van der Waals surface area contributed by atoms with Crippen LogP contribution in [0.25, 0.3) is 0 Å². The molecule has 0 amide bonds. The summed E-state index contributed by atoms with van der Waals surface area (Å²) >= 11 is 0. The van der Waals surface area contributed by atoms with Gasteiger partial charge in [-0.1, -0.05) is 29.1 Å². The highest BCUT2D eigenvalue weighted by atomic mass is 31.0. The number of aromatic nitrogens is 2. The van der Waals surface area contributed by atoms with Crippen LogP contribution in [0.2, 0.25) is 0 Å². The first kappa shape index (κ1) is 18.7. The molecule has 0 aliphatic heterocycles. The Bertz CT molecular complexity index is 620. The Morgan fingerprint density at radius 3 is 2.36 bits per heavy atom. The summed E-state index contributed by atoms with van der Waals surface area (Å²) in [6.45, 7) is 10.4. The Morgan fingerprint density at radius 1 is 1.18 bits per heavy atom. The molecule has 0 fully saturated rings. The molecule has 22 heavy (non-hydrogen) atoms. The first-order valence-electron chi connectivity index (χ1n) is 7.96. The molecule has 1 aromatic heterocycles. The van der Waals surface area contributed by atoms with E-state index in [0.717, 1.165) is 48.8 Å². The van der Waals surface area contributed by atoms with Gasteiger partial charge in [-0.15, -0.1) is 0 Å². The molecule has 0 radical (unpaired) electrons. The summed E-state index contributed by atoms with van der Waals surface area (Å²) in [5.41, 5.74) is 0.880. The lowest BCUT2D eigenvalue weighted by Crippen LogP contribution is -2.32. The van der Waals surface area contributed by atoms with Gasteiger partial charge >= 0.3 is 5.69 Å². The molecule has 5 nitrogen and oxygen atoms in total. The topological polar surface area (TPSA) is 42.5 Å². The number of amidine groups is 1. The standard InChI is InChI=1S/C16H29N4OP/c1-7-9-11-20(10-8-2)13(4)17-14-12(3)15(22)19(6)16(21)18(14)5/h22H,7-11H2,1-6H3/b17-13+. The van der Waals surface area contributed by atoms with Crippen molar-refractivity contribution in [3.8, 4) is 0 Å². The molecular formula is C16H29N4OP. The van der Waals surface area contributed by atoms with Gasteiger partial charge in [0.25, 0.3) is 0 Å². The highest BCUT2D eigenvalue weighted by Crippen LogP contribution is 2.18. The molecule has 0 aromatic carbocycles. The van der Waals surface area contributed by atoms with Gasteiger partial charge in [-0.05, 0) is 26.7 Å². The Labute approximate surface area is 135 Å². The molecule has 0 unspecified atom stereocenters. The van der Waals surface area contributed by atoms with E-state index >= 15 is 0 Å². The fourth-order valence-electron chi connectivity index (χ4n) is 2.46. The average molecular weight is 324 g/mol. The maximum Gasteiger partial charge on any atom is 0.329 e. The molecule has 1 rings (SSSR count). The summed E-state index contributed by atoms with van der Waals surface area (Å²) in [4.78, 5) is 19.3. The SMILES string of the molecule is CCCCN(CCC)/C(C)=N/c1c(C)c(=P)n(C)c(=O)n1C. The molecule has 0 N–H and O–H groups in total. The van der Waals surface area contributed by atoms with Gasteiger partial charge in [-0.2, -0.15) is 0 Å². The normalized spacial score (nSPS) is 11.8. The van der Waals surface area contributed by atoms with Crippen LogP contribution in [0.15, 0.2) is 9.79 Å². The number of hydrogen-bond donors (Lipinski definition) is 0. The smallest absolute Gasteiger partial charge is 0.329 e. The van der Waals surface area contributed by atoms with Crippen LogP contribution < -0.4 is 5.69 Å². The van der Waals surface area contributed by atoms with E-state index in [2.05, 4.69) is 27.6 Å². The Balaban J connectivity index is 3.30. The summed E-state index contributed by atoms with van der Waals surface area (Å²) < 4.78 is 3.19. The highest BCUT2D eigenvalue weighted by molar-refractivity contribution is 7.07. The van der Waals surface area contributed by atoms with E-state index in [1.807, 2.05) is 13.8 Å². The van der Waals surface area contributed by atoms with Crippen molar-refractivity contribution in [3.05, 3.63) is 21.1 Å². The third kappa shape index (κ3) is 4.10. The van der Waals surface area contributed by atoms with Gasteiger partial charge in [0.2, 0.25) is 0 Å². The molecule has 0 atom stereocenters. The van der Waals surface area contributed by atoms with Crippen molar-refractivity contribution < 1.29 is 0 Å². The fourth-order valence-corrected chi connectivity index (χ4v) is 2.66. The first-order chi connectivity index (χ1) is 10.3. The van der Waals surface area contributed by atoms with Crippen LogP contribution in [0.1, 0.15) is 45.6 Å². The van der Waals surface area contributed by atoms with Gasteiger partial charge in [-0.25, -0.2) is 9.79 Å². The van der Waals surface area contributed by atoms with Crippen LogP contribution >= 0.6 is 8.86 Å². The molecule has 124 valence electrons. The van der Waals surface area contributed by atoms with Gasteiger partial charge in [0.1, 0.15) is 11.7 Å². The lowest BCUT2D eigenvalue weighted by atomic mass is 10.3. The number of nitrogens with zero attached hydrogens (tertiary/aromatic N) is 4. The van der Waals surface area contributed by atoms with Crippen molar-refractivity contribution in [2.24, 2.45) is 19.1 Å². The largest absolute Gasteiger partial charge is 0.360 e. The molecule has 0 saturated heterocycles. The van der Waals surface area contributed by atoms with Crippen molar-refractivity contribution in [1.82, 2.24) is 14.0 Å². The van der Waals surface area contributed by atoms with Crippen LogP contribution in [0.3, 0.4) is 0 Å². The van der Waals surface area contributed by atoms with Crippen LogP contribution in [-0.4, -0.2) is 33.0 Å². The van der Waals surface area contributed by atoms with Crippen molar-refractivity contribution in [2.75, 3.05) is 13.1 Å². The Kier molecular flexibility index (Phi) is 7.08. The minimum atomic E-state index is -0.0854. The van der Waals surface area contributed by atoms with Gasteiger partial charge in [0, 0.05) is 32.7 Å². The lowest BCUT2D eigenvalue weighted by Gasteiger charge is -2.24. The van der Waals surface area contributed by atoms with Crippen LogP contribution in [-0.2, 0) is 14.1 Å². The van der Waals surface area contributed by atoms with Gasteiger partial charge in [-0.3, -0.25) is 9.13 Å². The molecule has 0 saturated carbocycles. The second kappa shape index (κ2) is 8.33. The Hall–Kier alpha value is -1.35. The fraction of sp³-hybridized carbons (Fsp3) is 0.688. The highest BCUT2D eigenvalue weighted by Gasteiger charge is 2.11. The summed E-state index contributed by atoms with van der Waals surface area (Å²) in [7, 11) is 7.06. The second-order valence-corrected chi connectivity index (χ2v) is 6.17. The third-order valence-electron chi connectivity index (χ3n) is 3.92. The van der Waals surface area contributed by atoms with Gasteiger partial charge in [0.15, 0.2) is 0 Å². The predicted octanol–water partition coefficient (Wildman–Crippen LogP) is 3.27. The molecule has 1 heterocycles. The summed E-state index contributed by atoms with van der Waals surface area (Å²) in [5.74, 6) is 1.68. The van der Waals surface area contributed by atoms with E-state index in [1.165, 1.54) is 0 Å². The van der Waals surface area contributed by atoms with Crippen LogP contribution in [0.5, 0.6) is 0 Å². The predicted molar refractivity (Wildman–Crippen MR) is 96.5 cm³/mol. The monoisotopic (exact) mass is 324 g/mol. The summed E-state index contributed by atoms with van der Waals surface area (Å²) in [5, 5.41) is 0.769. The molecule has 0 aliphatic carbocycles. The minimum absolute atomic E-state index is 0.0854. The van der Waals surface area contributed by atoms with E-state index in [-0.39, 0.29) is 5.69 Å². The molecule has 1 aromatic rings. The zero-order valence-electron chi connectivity index (χ0n) is 14.7.